The van der Waals surface area contributed by atoms with E-state index in [-0.39, 0.29) is 12.5 Å². The van der Waals surface area contributed by atoms with Crippen molar-refractivity contribution in [1.82, 2.24) is 9.88 Å². The van der Waals surface area contributed by atoms with E-state index in [0.717, 1.165) is 36.7 Å². The fourth-order valence-electron chi connectivity index (χ4n) is 3.73. The van der Waals surface area contributed by atoms with E-state index >= 15 is 0 Å². The van der Waals surface area contributed by atoms with E-state index in [2.05, 4.69) is 10.1 Å². The summed E-state index contributed by atoms with van der Waals surface area (Å²) in [6.07, 6.45) is 4.53. The number of carboxylic acid groups (broad SMARTS) is 1. The third kappa shape index (κ3) is 4.69. The van der Waals surface area contributed by atoms with E-state index in [1.54, 1.807) is 13.8 Å². The fraction of sp³-hybridized carbons (Fsp3) is 0.579. The van der Waals surface area contributed by atoms with Gasteiger partial charge < -0.3 is 25.4 Å². The van der Waals surface area contributed by atoms with Gasteiger partial charge in [0, 0.05) is 6.04 Å². The number of ether oxygens (including phenoxy) is 1. The van der Waals surface area contributed by atoms with Gasteiger partial charge in [-0.1, -0.05) is 19.3 Å². The molecule has 1 fully saturated rings. The summed E-state index contributed by atoms with van der Waals surface area (Å²) in [6.45, 7) is 2.77. The molecule has 1 atom stereocenters. The number of rotatable bonds is 7. The summed E-state index contributed by atoms with van der Waals surface area (Å²) in [5, 5.41) is 32.2. The molecule has 10 heteroatoms. The molecule has 1 amide bonds. The number of hydrogen-bond acceptors (Lipinski definition) is 7. The molecule has 1 aliphatic rings. The average molecular weight is 410 g/mol. The number of carboxylic acids is 1. The zero-order valence-corrected chi connectivity index (χ0v) is 16.4. The largest absolute Gasteiger partial charge is 0.506 e. The number of esters is 1. The Morgan fingerprint density at radius 2 is 1.79 bits per heavy atom. The Morgan fingerprint density at radius 1 is 1.17 bits per heavy atom. The third-order valence-electron chi connectivity index (χ3n) is 5.24. The van der Waals surface area contributed by atoms with Gasteiger partial charge in [0.2, 0.25) is 5.88 Å². The van der Waals surface area contributed by atoms with Gasteiger partial charge in [-0.15, -0.1) is 0 Å². The number of carbonyl (C=O) groups excluding carboxylic acids is 2. The van der Waals surface area contributed by atoms with Crippen molar-refractivity contribution in [3.8, 4) is 11.6 Å². The van der Waals surface area contributed by atoms with Crippen LogP contribution in [0.1, 0.15) is 72.7 Å². The highest BCUT2D eigenvalue weighted by molar-refractivity contribution is 6.03. The van der Waals surface area contributed by atoms with E-state index in [0.29, 0.717) is 0 Å². The van der Waals surface area contributed by atoms with Crippen molar-refractivity contribution in [2.24, 2.45) is 5.92 Å². The molecular formula is C19H26N2O8. The Bertz CT molecular complexity index is 855. The Hall–Kier alpha value is -3.04. The van der Waals surface area contributed by atoms with Gasteiger partial charge in [-0.2, -0.15) is 0 Å². The first kappa shape index (κ1) is 22.3. The Balaban J connectivity index is 2.51. The topological polar surface area (TPSA) is 155 Å². The molecule has 10 nitrogen and oxygen atoms in total. The maximum atomic E-state index is 13.0. The number of hydrogen-bond donors (Lipinski definition) is 4. The van der Waals surface area contributed by atoms with Crippen molar-refractivity contribution in [2.75, 3.05) is 13.2 Å². The number of aromatic hydroxyl groups is 2. The van der Waals surface area contributed by atoms with Crippen LogP contribution >= 0.6 is 0 Å². The number of amides is 1. The minimum absolute atomic E-state index is 0.00832. The lowest BCUT2D eigenvalue weighted by Gasteiger charge is -2.30. The quantitative estimate of drug-likeness (QED) is 0.492. The molecule has 1 aromatic heterocycles. The van der Waals surface area contributed by atoms with Crippen molar-refractivity contribution in [2.45, 2.75) is 52.0 Å². The van der Waals surface area contributed by atoms with Crippen molar-refractivity contribution in [3.63, 3.8) is 0 Å². The highest BCUT2D eigenvalue weighted by atomic mass is 16.5. The van der Waals surface area contributed by atoms with Crippen molar-refractivity contribution >= 4 is 17.8 Å². The van der Waals surface area contributed by atoms with Crippen molar-refractivity contribution in [3.05, 3.63) is 21.5 Å². The molecule has 160 valence electrons. The molecule has 1 saturated carbocycles. The fourth-order valence-corrected chi connectivity index (χ4v) is 3.73. The predicted molar refractivity (Wildman–Crippen MR) is 101 cm³/mol. The SMILES string of the molecule is CCOC(=O)CNC(=O)c1c(O)c(C(=O)O)c(O)n(C(C)C2CCCCC2)c1=O. The van der Waals surface area contributed by atoms with Crippen LogP contribution in [0.15, 0.2) is 4.79 Å². The molecule has 4 N–H and O–H groups in total. The molecule has 0 radical (unpaired) electrons. The monoisotopic (exact) mass is 410 g/mol. The van der Waals surface area contributed by atoms with Crippen molar-refractivity contribution in [1.29, 1.82) is 0 Å². The van der Waals surface area contributed by atoms with Gasteiger partial charge in [0.1, 0.15) is 12.1 Å². The minimum atomic E-state index is -1.69. The first-order valence-corrected chi connectivity index (χ1v) is 9.58. The summed E-state index contributed by atoms with van der Waals surface area (Å²) in [7, 11) is 0. The normalized spacial score (nSPS) is 15.5. The summed E-state index contributed by atoms with van der Waals surface area (Å²) in [6, 6.07) is -0.585. The molecule has 0 aromatic carbocycles. The zero-order valence-electron chi connectivity index (χ0n) is 16.4. The van der Waals surface area contributed by atoms with Gasteiger partial charge in [0.15, 0.2) is 11.3 Å². The van der Waals surface area contributed by atoms with Gasteiger partial charge in [-0.05, 0) is 32.6 Å². The number of carbonyl (C=O) groups is 3. The smallest absolute Gasteiger partial charge is 0.345 e. The number of nitrogens with zero attached hydrogens (tertiary/aromatic N) is 1. The van der Waals surface area contributed by atoms with Crippen LogP contribution in [0.5, 0.6) is 11.6 Å². The summed E-state index contributed by atoms with van der Waals surface area (Å²) < 4.78 is 5.52. The molecule has 1 aromatic rings. The maximum absolute atomic E-state index is 13.0. The number of pyridine rings is 1. The predicted octanol–water partition coefficient (Wildman–Crippen LogP) is 1.39. The second-order valence-corrected chi connectivity index (χ2v) is 7.03. The minimum Gasteiger partial charge on any atom is -0.506 e. The van der Waals surface area contributed by atoms with Gasteiger partial charge in [0.25, 0.3) is 11.5 Å². The summed E-state index contributed by atoms with van der Waals surface area (Å²) in [5.41, 5.74) is -2.80. The summed E-state index contributed by atoms with van der Waals surface area (Å²) in [4.78, 5) is 48.5. The molecule has 0 aliphatic heterocycles. The molecular weight excluding hydrogens is 384 g/mol. The van der Waals surface area contributed by atoms with Crippen LogP contribution in [0.2, 0.25) is 0 Å². The zero-order chi connectivity index (χ0) is 21.7. The Labute approximate surface area is 167 Å². The molecule has 0 saturated heterocycles. The first-order chi connectivity index (χ1) is 13.7. The Morgan fingerprint density at radius 3 is 2.34 bits per heavy atom. The van der Waals surface area contributed by atoms with Crippen LogP contribution in [-0.2, 0) is 9.53 Å². The van der Waals surface area contributed by atoms with Gasteiger partial charge >= 0.3 is 11.9 Å². The van der Waals surface area contributed by atoms with Crippen LogP contribution in [0.25, 0.3) is 0 Å². The second-order valence-electron chi connectivity index (χ2n) is 7.03. The van der Waals surface area contributed by atoms with E-state index in [1.165, 1.54) is 0 Å². The highest BCUT2D eigenvalue weighted by Crippen LogP contribution is 2.36. The lowest BCUT2D eigenvalue weighted by atomic mass is 9.84. The maximum Gasteiger partial charge on any atom is 0.345 e. The lowest BCUT2D eigenvalue weighted by Crippen LogP contribution is -2.38. The summed E-state index contributed by atoms with van der Waals surface area (Å²) in [5.74, 6) is -5.62. The first-order valence-electron chi connectivity index (χ1n) is 9.58. The van der Waals surface area contributed by atoms with E-state index < -0.39 is 58.7 Å². The van der Waals surface area contributed by atoms with Crippen LogP contribution in [0, 0.1) is 5.92 Å². The van der Waals surface area contributed by atoms with E-state index in [9.17, 15) is 34.5 Å². The highest BCUT2D eigenvalue weighted by Gasteiger charge is 2.33. The summed E-state index contributed by atoms with van der Waals surface area (Å²) >= 11 is 0. The van der Waals surface area contributed by atoms with Gasteiger partial charge in [0.05, 0.1) is 6.61 Å². The average Bonchev–Trinajstić information content (AvgIpc) is 2.66. The molecule has 1 unspecified atom stereocenters. The van der Waals surface area contributed by atoms with Crippen LogP contribution in [0.4, 0.5) is 0 Å². The molecule has 29 heavy (non-hydrogen) atoms. The number of aromatic nitrogens is 1. The van der Waals surface area contributed by atoms with E-state index in [4.69, 9.17) is 0 Å². The number of aromatic carboxylic acids is 1. The lowest BCUT2D eigenvalue weighted by molar-refractivity contribution is -0.141. The standard InChI is InChI=1S/C19H26N2O8/c1-3-29-12(22)9-20-16(24)13-15(23)14(19(27)28)18(26)21(17(13)25)10(2)11-7-5-4-6-8-11/h10-11,23,26H,3-9H2,1-2H3,(H,20,24)(H,27,28). The number of nitrogens with one attached hydrogen (secondary N) is 1. The molecule has 0 spiro atoms. The molecule has 2 rings (SSSR count). The van der Waals surface area contributed by atoms with Crippen LogP contribution in [-0.4, -0.2) is 50.9 Å². The molecule has 1 aliphatic carbocycles. The van der Waals surface area contributed by atoms with Crippen LogP contribution < -0.4 is 10.9 Å². The van der Waals surface area contributed by atoms with E-state index in [1.807, 2.05) is 0 Å². The molecule has 0 bridgehead atoms. The third-order valence-corrected chi connectivity index (χ3v) is 5.24. The van der Waals surface area contributed by atoms with Gasteiger partial charge in [-0.25, -0.2) is 4.79 Å². The van der Waals surface area contributed by atoms with Crippen LogP contribution in [0.3, 0.4) is 0 Å². The molecule has 1 heterocycles. The second kappa shape index (κ2) is 9.44. The Kier molecular flexibility index (Phi) is 7.24. The van der Waals surface area contributed by atoms with Crippen molar-refractivity contribution < 1.29 is 34.4 Å². The van der Waals surface area contributed by atoms with Gasteiger partial charge in [-0.3, -0.25) is 19.0 Å².